The molecule has 6 heteroatoms. The van der Waals surface area contributed by atoms with Crippen LogP contribution in [0.1, 0.15) is 15.9 Å². The first-order chi connectivity index (χ1) is 9.95. The summed E-state index contributed by atoms with van der Waals surface area (Å²) in [4.78, 5) is 23.3. The fraction of sp³-hybridized carbons (Fsp3) is 0.0667. The van der Waals surface area contributed by atoms with Crippen molar-refractivity contribution in [3.63, 3.8) is 0 Å². The van der Waals surface area contributed by atoms with Gasteiger partial charge in [-0.2, -0.15) is 0 Å². The predicted octanol–water partition coefficient (Wildman–Crippen LogP) is 2.75. The fourth-order valence-corrected chi connectivity index (χ4v) is 2.72. The Balaban J connectivity index is 2.26. The van der Waals surface area contributed by atoms with E-state index in [1.807, 2.05) is 0 Å². The van der Waals surface area contributed by atoms with Gasteiger partial charge in [0.25, 0.3) is 0 Å². The number of carboxylic acids is 2. The van der Waals surface area contributed by atoms with Gasteiger partial charge in [-0.15, -0.1) is 0 Å². The minimum Gasteiger partial charge on any atom is -0.481 e. The molecule has 0 heterocycles. The molecule has 0 radical (unpaired) electrons. The summed E-state index contributed by atoms with van der Waals surface area (Å²) in [6.45, 7) is 0. The van der Waals surface area contributed by atoms with Crippen molar-refractivity contribution < 1.29 is 19.8 Å². The minimum atomic E-state index is -0.981. The molecule has 0 atom stereocenters. The number of carbonyl (C=O) groups is 2. The maximum atomic E-state index is 10.9. The molecule has 0 fully saturated rings. The first-order valence-corrected chi connectivity index (χ1v) is 6.89. The van der Waals surface area contributed by atoms with Gasteiger partial charge in [0.1, 0.15) is 0 Å². The SMILES string of the molecule is Nc1ccc(Sc2ccc(C(=O)O)cc2)c(CC(=O)O)c1. The molecular weight excluding hydrogens is 290 g/mol. The zero-order chi connectivity index (χ0) is 15.4. The Kier molecular flexibility index (Phi) is 4.49. The van der Waals surface area contributed by atoms with Crippen LogP contribution in [0.15, 0.2) is 52.3 Å². The second-order valence-electron chi connectivity index (χ2n) is 4.37. The quantitative estimate of drug-likeness (QED) is 0.734. The molecule has 0 spiro atoms. The van der Waals surface area contributed by atoms with Gasteiger partial charge in [-0.3, -0.25) is 4.79 Å². The number of aromatic carboxylic acids is 1. The van der Waals surface area contributed by atoms with Crippen LogP contribution in [-0.2, 0) is 11.2 Å². The van der Waals surface area contributed by atoms with E-state index in [1.165, 1.54) is 23.9 Å². The highest BCUT2D eigenvalue weighted by Crippen LogP contribution is 2.32. The Hall–Kier alpha value is -2.47. The Bertz CT molecular complexity index is 683. The van der Waals surface area contributed by atoms with Gasteiger partial charge in [0.2, 0.25) is 0 Å². The molecule has 2 aromatic rings. The number of carboxylic acid groups (broad SMARTS) is 2. The van der Waals surface area contributed by atoms with E-state index in [4.69, 9.17) is 15.9 Å². The second-order valence-corrected chi connectivity index (χ2v) is 5.48. The average molecular weight is 303 g/mol. The summed E-state index contributed by atoms with van der Waals surface area (Å²) < 4.78 is 0. The molecule has 2 rings (SSSR count). The number of nitrogen functional groups attached to an aromatic ring is 1. The van der Waals surface area contributed by atoms with Gasteiger partial charge >= 0.3 is 11.9 Å². The maximum Gasteiger partial charge on any atom is 0.335 e. The van der Waals surface area contributed by atoms with Gasteiger partial charge in [-0.1, -0.05) is 11.8 Å². The van der Waals surface area contributed by atoms with Crippen molar-refractivity contribution in [1.29, 1.82) is 0 Å². The Morgan fingerprint density at radius 1 is 1.05 bits per heavy atom. The predicted molar refractivity (Wildman–Crippen MR) is 79.7 cm³/mol. The third-order valence-electron chi connectivity index (χ3n) is 2.76. The lowest BCUT2D eigenvalue weighted by Gasteiger charge is -2.09. The molecule has 5 nitrogen and oxygen atoms in total. The van der Waals surface area contributed by atoms with Crippen LogP contribution in [0.25, 0.3) is 0 Å². The van der Waals surface area contributed by atoms with Gasteiger partial charge < -0.3 is 15.9 Å². The van der Waals surface area contributed by atoms with Crippen LogP contribution in [0.3, 0.4) is 0 Å². The van der Waals surface area contributed by atoms with Gasteiger partial charge in [-0.05, 0) is 48.0 Å². The number of rotatable bonds is 5. The summed E-state index contributed by atoms with van der Waals surface area (Å²) >= 11 is 1.37. The summed E-state index contributed by atoms with van der Waals surface area (Å²) in [5.74, 6) is -1.91. The monoisotopic (exact) mass is 303 g/mol. The zero-order valence-corrected chi connectivity index (χ0v) is 11.8. The van der Waals surface area contributed by atoms with E-state index in [2.05, 4.69) is 0 Å². The fourth-order valence-electron chi connectivity index (χ4n) is 1.79. The lowest BCUT2D eigenvalue weighted by molar-refractivity contribution is -0.136. The van der Waals surface area contributed by atoms with Crippen molar-refractivity contribution in [1.82, 2.24) is 0 Å². The molecule has 0 aromatic heterocycles. The first-order valence-electron chi connectivity index (χ1n) is 6.07. The van der Waals surface area contributed by atoms with E-state index in [0.29, 0.717) is 11.3 Å². The third kappa shape index (κ3) is 4.00. The van der Waals surface area contributed by atoms with Crippen molar-refractivity contribution in [2.24, 2.45) is 0 Å². The summed E-state index contributed by atoms with van der Waals surface area (Å²) in [7, 11) is 0. The minimum absolute atomic E-state index is 0.111. The summed E-state index contributed by atoms with van der Waals surface area (Å²) in [5, 5.41) is 17.8. The summed E-state index contributed by atoms with van der Waals surface area (Å²) in [5.41, 5.74) is 7.04. The van der Waals surface area contributed by atoms with Crippen LogP contribution in [0.5, 0.6) is 0 Å². The number of anilines is 1. The zero-order valence-electron chi connectivity index (χ0n) is 10.9. The Labute approximate surface area is 125 Å². The van der Waals surface area contributed by atoms with Crippen LogP contribution in [0, 0.1) is 0 Å². The summed E-state index contributed by atoms with van der Waals surface area (Å²) in [6, 6.07) is 11.5. The molecular formula is C15H13NO4S. The molecule has 0 saturated heterocycles. The van der Waals surface area contributed by atoms with Crippen molar-refractivity contribution in [3.05, 3.63) is 53.6 Å². The van der Waals surface area contributed by atoms with Gasteiger partial charge in [-0.25, -0.2) is 4.79 Å². The van der Waals surface area contributed by atoms with Crippen molar-refractivity contribution in [3.8, 4) is 0 Å². The molecule has 0 unspecified atom stereocenters. The Morgan fingerprint density at radius 2 is 1.71 bits per heavy atom. The number of benzene rings is 2. The number of nitrogens with two attached hydrogens (primary N) is 1. The van der Waals surface area contributed by atoms with E-state index in [-0.39, 0.29) is 12.0 Å². The number of aliphatic carboxylic acids is 1. The highest BCUT2D eigenvalue weighted by Gasteiger charge is 2.10. The Morgan fingerprint density at radius 3 is 2.29 bits per heavy atom. The molecule has 21 heavy (non-hydrogen) atoms. The smallest absolute Gasteiger partial charge is 0.335 e. The maximum absolute atomic E-state index is 10.9. The molecule has 0 aliphatic carbocycles. The largest absolute Gasteiger partial charge is 0.481 e. The van der Waals surface area contributed by atoms with E-state index in [0.717, 1.165) is 9.79 Å². The van der Waals surface area contributed by atoms with Crippen molar-refractivity contribution >= 4 is 29.4 Å². The molecule has 0 bridgehead atoms. The molecule has 0 aliphatic heterocycles. The molecule has 0 aliphatic rings. The highest BCUT2D eigenvalue weighted by atomic mass is 32.2. The molecule has 0 saturated carbocycles. The van der Waals surface area contributed by atoms with E-state index in [9.17, 15) is 9.59 Å². The molecule has 108 valence electrons. The molecule has 2 aromatic carbocycles. The van der Waals surface area contributed by atoms with Crippen molar-refractivity contribution in [2.75, 3.05) is 5.73 Å². The second kappa shape index (κ2) is 6.32. The van der Waals surface area contributed by atoms with Crippen molar-refractivity contribution in [2.45, 2.75) is 16.2 Å². The molecule has 4 N–H and O–H groups in total. The van der Waals surface area contributed by atoms with E-state index >= 15 is 0 Å². The van der Waals surface area contributed by atoms with E-state index < -0.39 is 11.9 Å². The number of hydrogen-bond acceptors (Lipinski definition) is 4. The topological polar surface area (TPSA) is 101 Å². The van der Waals surface area contributed by atoms with Gasteiger partial charge in [0.15, 0.2) is 0 Å². The van der Waals surface area contributed by atoms with E-state index in [1.54, 1.807) is 30.3 Å². The first kappa shape index (κ1) is 14.9. The molecule has 0 amide bonds. The average Bonchev–Trinajstić information content (AvgIpc) is 2.42. The van der Waals surface area contributed by atoms with Crippen LogP contribution in [0.4, 0.5) is 5.69 Å². The standard InChI is InChI=1S/C15H13NO4S/c16-11-3-6-13(10(7-11)8-14(17)18)21-12-4-1-9(2-5-12)15(19)20/h1-7H,8,16H2,(H,17,18)(H,19,20). The van der Waals surface area contributed by atoms with Gasteiger partial charge in [0.05, 0.1) is 12.0 Å². The van der Waals surface area contributed by atoms with Crippen LogP contribution in [0.2, 0.25) is 0 Å². The lowest BCUT2D eigenvalue weighted by Crippen LogP contribution is -2.02. The third-order valence-corrected chi connectivity index (χ3v) is 3.88. The summed E-state index contributed by atoms with van der Waals surface area (Å²) in [6.07, 6.45) is -0.111. The van der Waals surface area contributed by atoms with Gasteiger partial charge in [0, 0.05) is 15.5 Å². The van der Waals surface area contributed by atoms with Crippen LogP contribution < -0.4 is 5.73 Å². The highest BCUT2D eigenvalue weighted by molar-refractivity contribution is 7.99. The normalized spacial score (nSPS) is 10.3. The lowest BCUT2D eigenvalue weighted by atomic mass is 10.1. The number of hydrogen-bond donors (Lipinski definition) is 3. The van der Waals surface area contributed by atoms with Crippen LogP contribution in [-0.4, -0.2) is 22.2 Å². The van der Waals surface area contributed by atoms with Crippen LogP contribution >= 0.6 is 11.8 Å².